The molecule has 0 bridgehead atoms. The number of fused-ring (bicyclic) bond motifs is 1. The number of pyridine rings is 2. The monoisotopic (exact) mass is 551 g/mol. The second-order valence-corrected chi connectivity index (χ2v) is 10.4. The van der Waals surface area contributed by atoms with Crippen LogP contribution in [0.2, 0.25) is 10.0 Å². The number of hydrogen-bond acceptors (Lipinski definition) is 8. The first-order valence-electron chi connectivity index (χ1n) is 12.1. The summed E-state index contributed by atoms with van der Waals surface area (Å²) in [5.41, 5.74) is 3.39. The lowest BCUT2D eigenvalue weighted by molar-refractivity contribution is 0.177. The molecule has 11 heteroatoms. The molecule has 1 saturated heterocycles. The van der Waals surface area contributed by atoms with Gasteiger partial charge in [-0.05, 0) is 38.1 Å². The maximum Gasteiger partial charge on any atom is 0.146 e. The number of nitriles is 1. The molecule has 1 fully saturated rings. The molecule has 5 rings (SSSR count). The normalized spacial score (nSPS) is 15.2. The molecule has 1 aromatic carbocycles. The Labute approximate surface area is 230 Å². The third-order valence-corrected chi connectivity index (χ3v) is 7.24. The molecular weight excluding hydrogens is 525 g/mol. The lowest BCUT2D eigenvalue weighted by atomic mass is 9.91. The molecule has 1 aliphatic rings. The van der Waals surface area contributed by atoms with Gasteiger partial charge in [-0.25, -0.2) is 4.98 Å². The first-order chi connectivity index (χ1) is 18.3. The Morgan fingerprint density at radius 1 is 1.21 bits per heavy atom. The number of benzene rings is 1. The summed E-state index contributed by atoms with van der Waals surface area (Å²) in [4.78, 5) is 10.8. The van der Waals surface area contributed by atoms with Gasteiger partial charge in [-0.3, -0.25) is 10.1 Å². The highest BCUT2D eigenvalue weighted by atomic mass is 35.5. The van der Waals surface area contributed by atoms with Gasteiger partial charge in [-0.15, -0.1) is 0 Å². The van der Waals surface area contributed by atoms with E-state index in [9.17, 15) is 5.26 Å². The van der Waals surface area contributed by atoms with Gasteiger partial charge in [0.25, 0.3) is 0 Å². The van der Waals surface area contributed by atoms with Gasteiger partial charge in [0.1, 0.15) is 29.4 Å². The number of anilines is 1. The Morgan fingerprint density at radius 2 is 1.97 bits per heavy atom. The minimum Gasteiger partial charge on any atom is -0.486 e. The molecule has 0 unspecified atom stereocenters. The molecule has 0 amide bonds. The Morgan fingerprint density at radius 3 is 2.68 bits per heavy atom. The first kappa shape index (κ1) is 26.2. The van der Waals surface area contributed by atoms with E-state index in [1.54, 1.807) is 25.7 Å². The van der Waals surface area contributed by atoms with Crippen LogP contribution in [0.5, 0.6) is 5.75 Å². The van der Waals surface area contributed by atoms with Gasteiger partial charge in [-0.2, -0.15) is 10.4 Å². The topological polar surface area (TPSA) is 112 Å². The number of hydrogen-bond donors (Lipinski definition) is 2. The van der Waals surface area contributed by atoms with E-state index >= 15 is 0 Å². The molecule has 4 heterocycles. The number of ether oxygens (including phenoxy) is 2. The van der Waals surface area contributed by atoms with Gasteiger partial charge in [0, 0.05) is 61.8 Å². The maximum atomic E-state index is 9.90. The fourth-order valence-electron chi connectivity index (χ4n) is 4.79. The highest BCUT2D eigenvalue weighted by Crippen LogP contribution is 2.36. The van der Waals surface area contributed by atoms with Crippen molar-refractivity contribution in [3.63, 3.8) is 0 Å². The van der Waals surface area contributed by atoms with Crippen LogP contribution in [-0.4, -0.2) is 59.1 Å². The van der Waals surface area contributed by atoms with Crippen LogP contribution in [0.3, 0.4) is 0 Å². The number of rotatable bonds is 9. The predicted octanol–water partition coefficient (Wildman–Crippen LogP) is 5.15. The number of H-pyrrole nitrogens is 1. The van der Waals surface area contributed by atoms with Crippen molar-refractivity contribution in [1.82, 2.24) is 25.5 Å². The number of methoxy groups -OCH3 is 1. The number of aromatic amines is 1. The molecule has 2 N–H and O–H groups in total. The Bertz CT molecular complexity index is 1490. The Balaban J connectivity index is 1.38. The van der Waals surface area contributed by atoms with Gasteiger partial charge in [0.15, 0.2) is 0 Å². The molecule has 0 saturated carbocycles. The number of aromatic nitrogens is 4. The highest BCUT2D eigenvalue weighted by Gasteiger charge is 2.39. The van der Waals surface area contributed by atoms with E-state index in [1.165, 1.54) is 0 Å². The zero-order valence-corrected chi connectivity index (χ0v) is 22.8. The van der Waals surface area contributed by atoms with E-state index in [0.29, 0.717) is 45.0 Å². The Hall–Kier alpha value is -3.42. The van der Waals surface area contributed by atoms with E-state index in [1.807, 2.05) is 31.2 Å². The van der Waals surface area contributed by atoms with Crippen molar-refractivity contribution < 1.29 is 9.47 Å². The van der Waals surface area contributed by atoms with Gasteiger partial charge in [0.2, 0.25) is 0 Å². The van der Waals surface area contributed by atoms with E-state index in [-0.39, 0.29) is 5.54 Å². The molecule has 1 aliphatic heterocycles. The molecule has 0 radical (unpaired) electrons. The van der Waals surface area contributed by atoms with Crippen LogP contribution in [0, 0.1) is 11.3 Å². The third-order valence-electron chi connectivity index (χ3n) is 6.64. The van der Waals surface area contributed by atoms with Crippen molar-refractivity contribution in [2.24, 2.45) is 0 Å². The van der Waals surface area contributed by atoms with Crippen LogP contribution in [0.15, 0.2) is 42.9 Å². The highest BCUT2D eigenvalue weighted by molar-refractivity contribution is 6.35. The number of nitrogens with zero attached hydrogens (tertiary/aromatic N) is 5. The standard InChI is InChI=1S/C27H27Cl2N7O2/c1-16(24-21(28)12-31-13-22(24)29)38-19-4-5-23-20(9-19)25(35-34-23)18-8-17(10-30)26(32-11-18)36-14-27(2,15-36)33-6-7-37-3/h4-5,8-9,11-13,16,33H,6-7,14-15H2,1-3H3,(H,34,35)/t16-/m1/s1. The zero-order chi connectivity index (χ0) is 26.9. The van der Waals surface area contributed by atoms with E-state index < -0.39 is 6.10 Å². The van der Waals surface area contributed by atoms with Crippen molar-refractivity contribution in [3.8, 4) is 23.1 Å². The smallest absolute Gasteiger partial charge is 0.146 e. The largest absolute Gasteiger partial charge is 0.486 e. The van der Waals surface area contributed by atoms with Gasteiger partial charge in [-0.1, -0.05) is 23.2 Å². The minimum absolute atomic E-state index is 0.0394. The molecule has 38 heavy (non-hydrogen) atoms. The van der Waals surface area contributed by atoms with Crippen LogP contribution in [-0.2, 0) is 4.74 Å². The van der Waals surface area contributed by atoms with Gasteiger partial charge in [0.05, 0.1) is 33.3 Å². The quantitative estimate of drug-likeness (QED) is 0.274. The summed E-state index contributed by atoms with van der Waals surface area (Å²) in [6.45, 7) is 6.98. The Kier molecular flexibility index (Phi) is 7.41. The van der Waals surface area contributed by atoms with E-state index in [0.717, 1.165) is 36.1 Å². The third kappa shape index (κ3) is 5.13. The van der Waals surface area contributed by atoms with Crippen molar-refractivity contribution in [3.05, 3.63) is 64.0 Å². The summed E-state index contributed by atoms with van der Waals surface area (Å²) in [6, 6.07) is 9.79. The summed E-state index contributed by atoms with van der Waals surface area (Å²) >= 11 is 12.6. The maximum absolute atomic E-state index is 9.90. The molecule has 4 aromatic rings. The van der Waals surface area contributed by atoms with Crippen LogP contribution in [0.4, 0.5) is 5.82 Å². The summed E-state index contributed by atoms with van der Waals surface area (Å²) in [7, 11) is 1.69. The first-order valence-corrected chi connectivity index (χ1v) is 12.9. The van der Waals surface area contributed by atoms with Gasteiger partial charge >= 0.3 is 0 Å². The number of nitrogens with one attached hydrogen (secondary N) is 2. The second kappa shape index (κ2) is 10.8. The lowest BCUT2D eigenvalue weighted by Crippen LogP contribution is -2.68. The molecule has 1 atom stereocenters. The summed E-state index contributed by atoms with van der Waals surface area (Å²) < 4.78 is 11.3. The minimum atomic E-state index is -0.400. The summed E-state index contributed by atoms with van der Waals surface area (Å²) in [5, 5.41) is 22.7. The molecule has 9 nitrogen and oxygen atoms in total. The fourth-order valence-corrected chi connectivity index (χ4v) is 5.47. The summed E-state index contributed by atoms with van der Waals surface area (Å²) in [5.74, 6) is 1.30. The lowest BCUT2D eigenvalue weighted by Gasteiger charge is -2.49. The molecule has 0 aliphatic carbocycles. The van der Waals surface area contributed by atoms with Crippen LogP contribution in [0.1, 0.15) is 31.1 Å². The van der Waals surface area contributed by atoms with E-state index in [2.05, 4.69) is 43.4 Å². The number of halogens is 2. The predicted molar refractivity (Wildman–Crippen MR) is 148 cm³/mol. The average molecular weight is 552 g/mol. The molecule has 0 spiro atoms. The van der Waals surface area contributed by atoms with E-state index in [4.69, 9.17) is 32.7 Å². The van der Waals surface area contributed by atoms with Gasteiger partial charge < -0.3 is 19.7 Å². The van der Waals surface area contributed by atoms with Crippen molar-refractivity contribution in [1.29, 1.82) is 5.26 Å². The SMILES string of the molecule is COCCNC1(C)CN(c2ncc(-c3n[nH]c4ccc(O[C@H](C)c5c(Cl)cncc5Cl)cc34)cc2C#N)C1. The molecular formula is C27H27Cl2N7O2. The van der Waals surface area contributed by atoms with Crippen LogP contribution < -0.4 is 15.0 Å². The van der Waals surface area contributed by atoms with Crippen LogP contribution in [0.25, 0.3) is 22.2 Å². The fraction of sp³-hybridized carbons (Fsp3) is 0.333. The molecule has 3 aromatic heterocycles. The van der Waals surface area contributed by atoms with Crippen molar-refractivity contribution in [2.45, 2.75) is 25.5 Å². The van der Waals surface area contributed by atoms with Crippen LogP contribution >= 0.6 is 23.2 Å². The molecule has 196 valence electrons. The zero-order valence-electron chi connectivity index (χ0n) is 21.3. The summed E-state index contributed by atoms with van der Waals surface area (Å²) in [6.07, 6.45) is 4.44. The van der Waals surface area contributed by atoms with Crippen molar-refractivity contribution >= 4 is 39.9 Å². The second-order valence-electron chi connectivity index (χ2n) is 9.60. The van der Waals surface area contributed by atoms with Crippen molar-refractivity contribution in [2.75, 3.05) is 38.3 Å². The average Bonchev–Trinajstić information content (AvgIpc) is 3.30.